The fourth-order valence-electron chi connectivity index (χ4n) is 1.22. The van der Waals surface area contributed by atoms with E-state index in [-0.39, 0.29) is 0 Å². The summed E-state index contributed by atoms with van der Waals surface area (Å²) < 4.78 is 7.71. The molecule has 1 aromatic rings. The van der Waals surface area contributed by atoms with Crippen molar-refractivity contribution in [1.82, 2.24) is 4.90 Å². The molecule has 0 aliphatic rings. The molecular weight excluding hydrogens is 200 g/mol. The van der Waals surface area contributed by atoms with E-state index in [1.54, 1.807) is 0 Å². The van der Waals surface area contributed by atoms with Crippen LogP contribution in [0.1, 0.15) is 0 Å². The average molecular weight is 219 g/mol. The van der Waals surface area contributed by atoms with Gasteiger partial charge in [0.25, 0.3) is 0 Å². The van der Waals surface area contributed by atoms with E-state index >= 15 is 0 Å². The molecule has 0 heterocycles. The number of rotatable bonds is 4. The van der Waals surface area contributed by atoms with Gasteiger partial charge in [0, 0.05) is 20.3 Å². The van der Waals surface area contributed by atoms with E-state index in [9.17, 15) is 0 Å². The number of allylic oxidation sites excluding steroid dienone is 1. The predicted molar refractivity (Wildman–Crippen MR) is 67.0 cm³/mol. The number of ether oxygens (including phenoxy) is 1. The van der Waals surface area contributed by atoms with Gasteiger partial charge in [-0.3, -0.25) is 0 Å². The Balaban J connectivity index is 2.84. The highest BCUT2D eigenvalue weighted by Crippen LogP contribution is 2.11. The molecule has 0 saturated heterocycles. The van der Waals surface area contributed by atoms with Crippen LogP contribution < -0.4 is 4.74 Å². The van der Waals surface area contributed by atoms with Crippen LogP contribution in [-0.2, 0) is 0 Å². The van der Waals surface area contributed by atoms with Gasteiger partial charge in [-0.2, -0.15) is 0 Å². The van der Waals surface area contributed by atoms with Crippen LogP contribution >= 0.6 is 0 Å². The first-order valence-corrected chi connectivity index (χ1v) is 5.20. The summed E-state index contributed by atoms with van der Waals surface area (Å²) in [6.07, 6.45) is 3.88. The molecule has 0 N–H and O–H groups in total. The lowest BCUT2D eigenvalue weighted by Crippen LogP contribution is -2.11. The molecule has 0 aliphatic carbocycles. The first kappa shape index (κ1) is 12.3. The van der Waals surface area contributed by atoms with Gasteiger partial charge in [-0.25, -0.2) is 4.58 Å². The summed E-state index contributed by atoms with van der Waals surface area (Å²) in [5.41, 5.74) is 0. The summed E-state index contributed by atoms with van der Waals surface area (Å²) in [4.78, 5) is 1.96. The molecule has 1 aromatic carbocycles. The van der Waals surface area contributed by atoms with Crippen molar-refractivity contribution in [3.63, 3.8) is 0 Å². The molecule has 0 amide bonds. The number of para-hydroxylation sites is 1. The summed E-state index contributed by atoms with van der Waals surface area (Å²) in [6, 6.07) is 9.76. The highest BCUT2D eigenvalue weighted by molar-refractivity contribution is 5.72. The minimum Gasteiger partial charge on any atom is -0.450 e. The molecule has 0 unspecified atom stereocenters. The summed E-state index contributed by atoms with van der Waals surface area (Å²) in [6.45, 7) is 0. The molecule has 3 heteroatoms. The van der Waals surface area contributed by atoms with Gasteiger partial charge in [0.15, 0.2) is 0 Å². The Hall–Kier alpha value is -1.77. The maximum atomic E-state index is 5.76. The topological polar surface area (TPSA) is 15.5 Å². The van der Waals surface area contributed by atoms with Crippen LogP contribution in [0.3, 0.4) is 0 Å². The minimum atomic E-state index is 0.807. The fraction of sp³-hybridized carbons (Fsp3) is 0.308. The van der Waals surface area contributed by atoms with Gasteiger partial charge < -0.3 is 9.64 Å². The minimum absolute atomic E-state index is 0.807. The molecule has 0 aromatic heterocycles. The molecule has 0 atom stereocenters. The Morgan fingerprint density at radius 2 is 1.81 bits per heavy atom. The van der Waals surface area contributed by atoms with Crippen LogP contribution in [0.5, 0.6) is 5.75 Å². The lowest BCUT2D eigenvalue weighted by Gasteiger charge is -2.09. The zero-order valence-corrected chi connectivity index (χ0v) is 10.3. The number of nitrogens with zero attached hydrogens (tertiary/aromatic N) is 2. The second-order valence-electron chi connectivity index (χ2n) is 4.00. The largest absolute Gasteiger partial charge is 0.450 e. The van der Waals surface area contributed by atoms with Crippen molar-refractivity contribution < 1.29 is 9.31 Å². The molecular formula is C13H19N2O+. The number of benzene rings is 1. The summed E-state index contributed by atoms with van der Waals surface area (Å²) in [5.74, 6) is 1.65. The molecule has 0 radical (unpaired) electrons. The Morgan fingerprint density at radius 1 is 1.19 bits per heavy atom. The monoisotopic (exact) mass is 219 g/mol. The van der Waals surface area contributed by atoms with E-state index in [1.165, 1.54) is 0 Å². The molecule has 0 spiro atoms. The normalized spacial score (nSPS) is 10.9. The average Bonchev–Trinajstić information content (AvgIpc) is 2.16. The first-order chi connectivity index (χ1) is 7.58. The van der Waals surface area contributed by atoms with Crippen molar-refractivity contribution in [3.8, 4) is 5.75 Å². The second-order valence-corrected chi connectivity index (χ2v) is 4.00. The predicted octanol–water partition coefficient (Wildman–Crippen LogP) is 1.81. The third-order valence-electron chi connectivity index (χ3n) is 1.75. The zero-order chi connectivity index (χ0) is 12.0. The Labute approximate surface area is 97.3 Å². The zero-order valence-electron chi connectivity index (χ0n) is 10.3. The number of hydrogen-bond donors (Lipinski definition) is 0. The summed E-state index contributed by atoms with van der Waals surface area (Å²) >= 11 is 0. The SMILES string of the molecule is CN(C)/C=C(/C=[N+](C)C)Oc1ccccc1. The molecule has 86 valence electrons. The Kier molecular flexibility index (Phi) is 4.58. The molecule has 0 saturated carbocycles. The van der Waals surface area contributed by atoms with Crippen molar-refractivity contribution in [2.45, 2.75) is 0 Å². The Morgan fingerprint density at radius 3 is 2.31 bits per heavy atom. The molecule has 16 heavy (non-hydrogen) atoms. The molecule has 0 aliphatic heterocycles. The third-order valence-corrected chi connectivity index (χ3v) is 1.75. The molecule has 0 bridgehead atoms. The van der Waals surface area contributed by atoms with Crippen LogP contribution in [0.4, 0.5) is 0 Å². The molecule has 0 fully saturated rings. The highest BCUT2D eigenvalue weighted by atomic mass is 16.5. The highest BCUT2D eigenvalue weighted by Gasteiger charge is 2.02. The standard InChI is InChI=1S/C13H19N2O/c1-14(2)10-13(11-15(3)4)16-12-8-6-5-7-9-12/h5-11H,1-4H3/q+1. The lowest BCUT2D eigenvalue weighted by atomic mass is 10.3. The van der Waals surface area contributed by atoms with Gasteiger partial charge in [0.05, 0.1) is 0 Å². The van der Waals surface area contributed by atoms with Gasteiger partial charge >= 0.3 is 0 Å². The number of hydrogen-bond acceptors (Lipinski definition) is 2. The van der Waals surface area contributed by atoms with Gasteiger partial charge in [-0.1, -0.05) is 18.2 Å². The van der Waals surface area contributed by atoms with E-state index < -0.39 is 0 Å². The van der Waals surface area contributed by atoms with Crippen LogP contribution in [0.2, 0.25) is 0 Å². The van der Waals surface area contributed by atoms with Crippen molar-refractivity contribution >= 4 is 6.21 Å². The van der Waals surface area contributed by atoms with Crippen molar-refractivity contribution in [3.05, 3.63) is 42.3 Å². The summed E-state index contributed by atoms with van der Waals surface area (Å²) in [7, 11) is 7.88. The van der Waals surface area contributed by atoms with E-state index in [1.807, 2.05) is 80.4 Å². The van der Waals surface area contributed by atoms with Crippen LogP contribution in [0, 0.1) is 0 Å². The smallest absolute Gasteiger partial charge is 0.207 e. The van der Waals surface area contributed by atoms with Crippen LogP contribution in [-0.4, -0.2) is 43.9 Å². The van der Waals surface area contributed by atoms with Gasteiger partial charge in [0.1, 0.15) is 19.8 Å². The van der Waals surface area contributed by atoms with E-state index in [0.717, 1.165) is 11.5 Å². The van der Waals surface area contributed by atoms with Gasteiger partial charge in [0.2, 0.25) is 12.0 Å². The van der Waals surface area contributed by atoms with Crippen molar-refractivity contribution in [2.75, 3.05) is 28.2 Å². The van der Waals surface area contributed by atoms with Crippen LogP contribution in [0.15, 0.2) is 42.3 Å². The van der Waals surface area contributed by atoms with E-state index in [2.05, 4.69) is 0 Å². The van der Waals surface area contributed by atoms with E-state index in [0.29, 0.717) is 0 Å². The Bertz CT molecular complexity index is 376. The molecule has 1 rings (SSSR count). The van der Waals surface area contributed by atoms with Gasteiger partial charge in [-0.05, 0) is 12.1 Å². The summed E-state index contributed by atoms with van der Waals surface area (Å²) in [5, 5.41) is 0. The van der Waals surface area contributed by atoms with Gasteiger partial charge in [-0.15, -0.1) is 0 Å². The van der Waals surface area contributed by atoms with Crippen molar-refractivity contribution in [1.29, 1.82) is 0 Å². The third kappa shape index (κ3) is 4.64. The lowest BCUT2D eigenvalue weighted by molar-refractivity contribution is -0.459. The maximum absolute atomic E-state index is 5.76. The molecule has 3 nitrogen and oxygen atoms in total. The maximum Gasteiger partial charge on any atom is 0.207 e. The fourth-order valence-corrected chi connectivity index (χ4v) is 1.22. The first-order valence-electron chi connectivity index (χ1n) is 5.20. The quantitative estimate of drug-likeness (QED) is 0.436. The second kappa shape index (κ2) is 5.95. The van der Waals surface area contributed by atoms with E-state index in [4.69, 9.17) is 4.74 Å². The van der Waals surface area contributed by atoms with Crippen molar-refractivity contribution in [2.24, 2.45) is 0 Å². The van der Waals surface area contributed by atoms with Crippen LogP contribution in [0.25, 0.3) is 0 Å².